The van der Waals surface area contributed by atoms with Gasteiger partial charge in [0.1, 0.15) is 0 Å². The van der Waals surface area contributed by atoms with E-state index in [1.165, 1.54) is 0 Å². The number of amides is 1. The van der Waals surface area contributed by atoms with Crippen LogP contribution in [0, 0.1) is 10.8 Å². The van der Waals surface area contributed by atoms with Crippen LogP contribution < -0.4 is 0 Å². The van der Waals surface area contributed by atoms with Gasteiger partial charge in [0, 0.05) is 19.0 Å². The fraction of sp³-hybridized carbons (Fsp3) is 0.923. The average Bonchev–Trinajstić information content (AvgIpc) is 2.48. The lowest BCUT2D eigenvalue weighted by Gasteiger charge is -2.47. The number of hydrogen-bond donors (Lipinski definition) is 0. The van der Waals surface area contributed by atoms with Gasteiger partial charge < -0.3 is 4.90 Å². The SMILES string of the molecule is CC(N1CCCC1=O)C(C)(C)C(C)(C)C. The molecule has 1 aliphatic rings. The highest BCUT2D eigenvalue weighted by molar-refractivity contribution is 5.78. The topological polar surface area (TPSA) is 20.3 Å². The minimum atomic E-state index is 0.146. The van der Waals surface area contributed by atoms with Crippen LogP contribution in [0.3, 0.4) is 0 Å². The molecule has 15 heavy (non-hydrogen) atoms. The summed E-state index contributed by atoms with van der Waals surface area (Å²) in [5.41, 5.74) is 0.363. The van der Waals surface area contributed by atoms with Crippen molar-refractivity contribution in [1.82, 2.24) is 4.90 Å². The first-order chi connectivity index (χ1) is 6.68. The standard InChI is InChI=1S/C13H25NO/c1-10(13(5,6)12(2,3)4)14-9-7-8-11(14)15/h10H,7-9H2,1-6H3. The Morgan fingerprint density at radius 2 is 1.73 bits per heavy atom. The molecule has 1 rings (SSSR count). The summed E-state index contributed by atoms with van der Waals surface area (Å²) in [7, 11) is 0. The molecular weight excluding hydrogens is 186 g/mol. The number of rotatable bonds is 2. The van der Waals surface area contributed by atoms with Crippen molar-refractivity contribution in [2.45, 2.75) is 60.4 Å². The highest BCUT2D eigenvalue weighted by Crippen LogP contribution is 2.43. The van der Waals surface area contributed by atoms with E-state index >= 15 is 0 Å². The molecule has 0 saturated carbocycles. The molecule has 0 radical (unpaired) electrons. The highest BCUT2D eigenvalue weighted by Gasteiger charge is 2.42. The molecule has 2 heteroatoms. The van der Waals surface area contributed by atoms with Crippen molar-refractivity contribution in [3.8, 4) is 0 Å². The first-order valence-electron chi connectivity index (χ1n) is 5.97. The second kappa shape index (κ2) is 3.80. The molecule has 88 valence electrons. The minimum Gasteiger partial charge on any atom is -0.339 e. The van der Waals surface area contributed by atoms with Crippen LogP contribution >= 0.6 is 0 Å². The molecule has 1 atom stereocenters. The van der Waals surface area contributed by atoms with Gasteiger partial charge in [-0.1, -0.05) is 34.6 Å². The van der Waals surface area contributed by atoms with Crippen LogP contribution in [0.1, 0.15) is 54.4 Å². The molecule has 1 fully saturated rings. The summed E-state index contributed by atoms with van der Waals surface area (Å²) in [6.45, 7) is 14.4. The van der Waals surface area contributed by atoms with Crippen molar-refractivity contribution in [2.75, 3.05) is 6.54 Å². The van der Waals surface area contributed by atoms with Crippen molar-refractivity contribution in [1.29, 1.82) is 0 Å². The quantitative estimate of drug-likeness (QED) is 0.687. The average molecular weight is 211 g/mol. The van der Waals surface area contributed by atoms with Crippen molar-refractivity contribution in [3.05, 3.63) is 0 Å². The number of nitrogens with zero attached hydrogens (tertiary/aromatic N) is 1. The van der Waals surface area contributed by atoms with E-state index in [9.17, 15) is 4.79 Å². The summed E-state index contributed by atoms with van der Waals surface area (Å²) in [5, 5.41) is 0. The van der Waals surface area contributed by atoms with Crippen LogP contribution in [0.25, 0.3) is 0 Å². The zero-order valence-electron chi connectivity index (χ0n) is 11.1. The van der Waals surface area contributed by atoms with E-state index in [0.29, 0.717) is 11.9 Å². The first kappa shape index (κ1) is 12.5. The number of likely N-dealkylation sites (tertiary alicyclic amines) is 1. The van der Waals surface area contributed by atoms with E-state index in [0.717, 1.165) is 19.4 Å². The molecule has 1 amide bonds. The summed E-state index contributed by atoms with van der Waals surface area (Å²) in [4.78, 5) is 13.8. The van der Waals surface area contributed by atoms with Gasteiger partial charge in [-0.05, 0) is 24.2 Å². The Balaban J connectivity index is 2.83. The molecule has 1 aliphatic heterocycles. The smallest absolute Gasteiger partial charge is 0.222 e. The van der Waals surface area contributed by atoms with Gasteiger partial charge in [-0.15, -0.1) is 0 Å². The van der Waals surface area contributed by atoms with Gasteiger partial charge in [-0.2, -0.15) is 0 Å². The molecule has 1 unspecified atom stereocenters. The fourth-order valence-electron chi connectivity index (χ4n) is 2.09. The van der Waals surface area contributed by atoms with Crippen LogP contribution in [0.2, 0.25) is 0 Å². The Labute approximate surface area is 94.0 Å². The second-order valence-electron chi connectivity index (χ2n) is 6.34. The third kappa shape index (κ3) is 2.19. The van der Waals surface area contributed by atoms with Gasteiger partial charge in [0.2, 0.25) is 5.91 Å². The number of hydrogen-bond acceptors (Lipinski definition) is 1. The van der Waals surface area contributed by atoms with E-state index in [2.05, 4.69) is 46.4 Å². The van der Waals surface area contributed by atoms with Crippen LogP contribution in [-0.2, 0) is 4.79 Å². The van der Waals surface area contributed by atoms with E-state index in [4.69, 9.17) is 0 Å². The monoisotopic (exact) mass is 211 g/mol. The maximum Gasteiger partial charge on any atom is 0.222 e. The van der Waals surface area contributed by atoms with Crippen molar-refractivity contribution in [2.24, 2.45) is 10.8 Å². The summed E-state index contributed by atoms with van der Waals surface area (Å²) < 4.78 is 0. The summed E-state index contributed by atoms with van der Waals surface area (Å²) in [5.74, 6) is 0.333. The lowest BCUT2D eigenvalue weighted by molar-refractivity contribution is -0.133. The maximum absolute atomic E-state index is 11.7. The van der Waals surface area contributed by atoms with Crippen molar-refractivity contribution < 1.29 is 4.79 Å². The minimum absolute atomic E-state index is 0.146. The number of carbonyl (C=O) groups excluding carboxylic acids is 1. The second-order valence-corrected chi connectivity index (χ2v) is 6.34. The zero-order valence-corrected chi connectivity index (χ0v) is 11.1. The molecule has 0 aromatic carbocycles. The molecule has 0 aromatic heterocycles. The van der Waals surface area contributed by atoms with Gasteiger partial charge in [-0.3, -0.25) is 4.79 Å². The van der Waals surface area contributed by atoms with Crippen molar-refractivity contribution >= 4 is 5.91 Å². The van der Waals surface area contributed by atoms with E-state index in [1.54, 1.807) is 0 Å². The van der Waals surface area contributed by atoms with E-state index < -0.39 is 0 Å². The molecule has 1 heterocycles. The Hall–Kier alpha value is -0.530. The Bertz CT molecular complexity index is 250. The number of carbonyl (C=O) groups is 1. The van der Waals surface area contributed by atoms with E-state index in [1.807, 2.05) is 0 Å². The molecule has 0 aromatic rings. The predicted octanol–water partition coefficient (Wildman–Crippen LogP) is 3.07. The lowest BCUT2D eigenvalue weighted by atomic mass is 9.65. The summed E-state index contributed by atoms with van der Waals surface area (Å²) >= 11 is 0. The largest absolute Gasteiger partial charge is 0.339 e. The summed E-state index contributed by atoms with van der Waals surface area (Å²) in [6.07, 6.45) is 1.77. The Kier molecular flexibility index (Phi) is 3.18. The van der Waals surface area contributed by atoms with Crippen LogP contribution in [0.15, 0.2) is 0 Å². The Morgan fingerprint density at radius 1 is 1.20 bits per heavy atom. The van der Waals surface area contributed by atoms with Crippen LogP contribution in [0.4, 0.5) is 0 Å². The molecule has 0 N–H and O–H groups in total. The third-order valence-electron chi connectivity index (χ3n) is 4.55. The highest BCUT2D eigenvalue weighted by atomic mass is 16.2. The fourth-order valence-corrected chi connectivity index (χ4v) is 2.09. The van der Waals surface area contributed by atoms with Gasteiger partial charge in [-0.25, -0.2) is 0 Å². The predicted molar refractivity (Wildman–Crippen MR) is 63.6 cm³/mol. The summed E-state index contributed by atoms with van der Waals surface area (Å²) in [6, 6.07) is 0.326. The van der Waals surface area contributed by atoms with Gasteiger partial charge in [0.05, 0.1) is 0 Å². The molecule has 1 saturated heterocycles. The Morgan fingerprint density at radius 3 is 2.07 bits per heavy atom. The molecule has 2 nitrogen and oxygen atoms in total. The first-order valence-corrected chi connectivity index (χ1v) is 5.97. The van der Waals surface area contributed by atoms with E-state index in [-0.39, 0.29) is 10.8 Å². The maximum atomic E-state index is 11.7. The van der Waals surface area contributed by atoms with Gasteiger partial charge in [0.15, 0.2) is 0 Å². The normalized spacial score (nSPS) is 20.9. The lowest BCUT2D eigenvalue weighted by Crippen LogP contribution is -2.49. The molecule has 0 bridgehead atoms. The van der Waals surface area contributed by atoms with Gasteiger partial charge in [0.25, 0.3) is 0 Å². The van der Waals surface area contributed by atoms with Crippen molar-refractivity contribution in [3.63, 3.8) is 0 Å². The van der Waals surface area contributed by atoms with Gasteiger partial charge >= 0.3 is 0 Å². The van der Waals surface area contributed by atoms with Crippen LogP contribution in [-0.4, -0.2) is 23.4 Å². The van der Waals surface area contributed by atoms with Crippen LogP contribution in [0.5, 0.6) is 0 Å². The molecule has 0 aliphatic carbocycles. The third-order valence-corrected chi connectivity index (χ3v) is 4.55. The zero-order chi connectivity index (χ0) is 11.9. The molecule has 0 spiro atoms. The molecular formula is C13H25NO.